The second kappa shape index (κ2) is 12.8. The van der Waals surface area contributed by atoms with Gasteiger partial charge in [0.15, 0.2) is 8.38 Å². The molecule has 0 N–H and O–H groups in total. The summed E-state index contributed by atoms with van der Waals surface area (Å²) >= 11 is 0. The van der Waals surface area contributed by atoms with Gasteiger partial charge in [0.1, 0.15) is 5.40 Å². The highest BCUT2D eigenvalue weighted by molar-refractivity contribution is 7.69. The van der Waals surface area contributed by atoms with Gasteiger partial charge in [-0.1, -0.05) is 0 Å². The van der Waals surface area contributed by atoms with Crippen LogP contribution >= 0.6 is 16.0 Å². The summed E-state index contributed by atoms with van der Waals surface area (Å²) < 4.78 is 35.7. The van der Waals surface area contributed by atoms with Gasteiger partial charge in [0.05, 0.1) is 26.4 Å². The van der Waals surface area contributed by atoms with Crippen molar-refractivity contribution in [2.24, 2.45) is 0 Å². The van der Waals surface area contributed by atoms with E-state index >= 15 is 0 Å². The molecule has 0 spiro atoms. The van der Waals surface area contributed by atoms with Gasteiger partial charge in [-0.2, -0.15) is 0 Å². The Hall–Kier alpha value is 0.460. The fourth-order valence-corrected chi connectivity index (χ4v) is 6.68. The fourth-order valence-electron chi connectivity index (χ4n) is 2.00. The zero-order chi connectivity index (χ0) is 17.0. The smallest absolute Gasteiger partial charge is 0.334 e. The zero-order valence-corrected chi connectivity index (χ0v) is 16.7. The van der Waals surface area contributed by atoms with Crippen LogP contribution in [0.3, 0.4) is 0 Å². The van der Waals surface area contributed by atoms with E-state index < -0.39 is 16.0 Å². The highest BCUT2D eigenvalue weighted by Crippen LogP contribution is 2.67. The van der Waals surface area contributed by atoms with Crippen molar-refractivity contribution in [1.82, 2.24) is 4.90 Å². The van der Waals surface area contributed by atoms with E-state index in [2.05, 4.69) is 4.90 Å². The van der Waals surface area contributed by atoms with E-state index in [4.69, 9.17) is 18.1 Å². The molecule has 6 nitrogen and oxygen atoms in total. The molecule has 0 aromatic rings. The summed E-state index contributed by atoms with van der Waals surface area (Å²) in [4.78, 5) is 2.10. The predicted octanol–water partition coefficient (Wildman–Crippen LogP) is 4.31. The molecule has 0 saturated carbocycles. The van der Waals surface area contributed by atoms with Gasteiger partial charge < -0.3 is 23.0 Å². The monoisotopic (exact) mass is 357 g/mol. The minimum absolute atomic E-state index is 0.345. The second-order valence-electron chi connectivity index (χ2n) is 4.92. The Morgan fingerprint density at radius 2 is 1.45 bits per heavy atom. The molecular formula is C14H33NO5P2. The summed E-state index contributed by atoms with van der Waals surface area (Å²) in [5, 5.41) is -0.345. The van der Waals surface area contributed by atoms with Crippen LogP contribution in [-0.4, -0.2) is 57.4 Å². The first kappa shape index (κ1) is 22.5. The Kier molecular flexibility index (Phi) is 13.1. The summed E-state index contributed by atoms with van der Waals surface area (Å²) in [6.07, 6.45) is 1.59. The first-order chi connectivity index (χ1) is 10.4. The summed E-state index contributed by atoms with van der Waals surface area (Å²) in [5.41, 5.74) is 0. The van der Waals surface area contributed by atoms with Crippen LogP contribution < -0.4 is 0 Å². The van der Waals surface area contributed by atoms with Crippen LogP contribution in [0.15, 0.2) is 0 Å². The van der Waals surface area contributed by atoms with Crippen LogP contribution in [0.1, 0.15) is 40.5 Å². The van der Waals surface area contributed by atoms with Gasteiger partial charge in [0.2, 0.25) is 0 Å². The van der Waals surface area contributed by atoms with Crippen LogP contribution in [0.5, 0.6) is 0 Å². The van der Waals surface area contributed by atoms with E-state index in [1.807, 2.05) is 41.8 Å². The summed E-state index contributed by atoms with van der Waals surface area (Å²) in [6, 6.07) is 0. The lowest BCUT2D eigenvalue weighted by Crippen LogP contribution is -2.19. The highest BCUT2D eigenvalue weighted by Gasteiger charge is 2.42. The van der Waals surface area contributed by atoms with Gasteiger partial charge in [-0.15, -0.1) is 0 Å². The van der Waals surface area contributed by atoms with Gasteiger partial charge in [0, 0.05) is 0 Å². The normalized spacial score (nSPS) is 14.0. The van der Waals surface area contributed by atoms with Gasteiger partial charge in [-0.05, 0) is 61.2 Å². The van der Waals surface area contributed by atoms with Crippen molar-refractivity contribution in [3.63, 3.8) is 0 Å². The van der Waals surface area contributed by atoms with E-state index in [1.165, 1.54) is 0 Å². The van der Waals surface area contributed by atoms with Gasteiger partial charge in [-0.25, -0.2) is 0 Å². The Bertz CT molecular complexity index is 302. The molecule has 0 amide bonds. The van der Waals surface area contributed by atoms with Crippen molar-refractivity contribution in [2.45, 2.75) is 45.9 Å². The molecule has 1 unspecified atom stereocenters. The molecule has 0 aliphatic carbocycles. The second-order valence-corrected chi connectivity index (χ2v) is 9.26. The lowest BCUT2D eigenvalue weighted by Gasteiger charge is -2.31. The number of rotatable bonds is 14. The highest BCUT2D eigenvalue weighted by atomic mass is 31.2. The molecule has 0 aliphatic rings. The van der Waals surface area contributed by atoms with Crippen LogP contribution in [0, 0.1) is 0 Å². The molecule has 0 rings (SSSR count). The summed E-state index contributed by atoms with van der Waals surface area (Å²) in [5.74, 6) is 0. The summed E-state index contributed by atoms with van der Waals surface area (Å²) in [7, 11) is -0.500. The lowest BCUT2D eigenvalue weighted by molar-refractivity contribution is 0.208. The van der Waals surface area contributed by atoms with Crippen molar-refractivity contribution in [3.05, 3.63) is 0 Å². The standard InChI is InChI=1S/C14H33NO5P2/c1-7-17-21(18-8-2)14(12-11-13-15(5)6)22(16,19-9-3)20-10-4/h14H,7-13H2,1-6H3. The molecule has 0 heterocycles. The van der Waals surface area contributed by atoms with Gasteiger partial charge in [0.25, 0.3) is 0 Å². The topological polar surface area (TPSA) is 57.2 Å². The quantitative estimate of drug-likeness (QED) is 0.432. The maximum Gasteiger partial charge on any atom is 0.342 e. The third-order valence-electron chi connectivity index (χ3n) is 2.81. The number of nitrogens with zero attached hydrogens (tertiary/aromatic N) is 1. The van der Waals surface area contributed by atoms with Crippen molar-refractivity contribution in [3.8, 4) is 0 Å². The molecule has 0 aromatic carbocycles. The van der Waals surface area contributed by atoms with Gasteiger partial charge >= 0.3 is 7.60 Å². The minimum Gasteiger partial charge on any atom is -0.334 e. The Morgan fingerprint density at radius 3 is 1.82 bits per heavy atom. The molecule has 0 saturated heterocycles. The molecule has 0 radical (unpaired) electrons. The molecule has 0 fully saturated rings. The lowest BCUT2D eigenvalue weighted by atomic mass is 10.3. The predicted molar refractivity (Wildman–Crippen MR) is 92.6 cm³/mol. The van der Waals surface area contributed by atoms with Crippen molar-refractivity contribution < 1.29 is 22.7 Å². The van der Waals surface area contributed by atoms with Crippen LogP contribution in [0.2, 0.25) is 0 Å². The fraction of sp³-hybridized carbons (Fsp3) is 1.00. The van der Waals surface area contributed by atoms with Gasteiger partial charge in [-0.3, -0.25) is 4.57 Å². The molecule has 134 valence electrons. The average molecular weight is 357 g/mol. The Balaban J connectivity index is 5.18. The largest absolute Gasteiger partial charge is 0.342 e. The molecule has 22 heavy (non-hydrogen) atoms. The van der Waals surface area contributed by atoms with Crippen LogP contribution in [-0.2, 0) is 22.7 Å². The minimum atomic E-state index is -3.24. The van der Waals surface area contributed by atoms with E-state index in [0.29, 0.717) is 32.8 Å². The molecule has 0 aliphatic heterocycles. The van der Waals surface area contributed by atoms with E-state index in [-0.39, 0.29) is 5.40 Å². The number of hydrogen-bond acceptors (Lipinski definition) is 6. The van der Waals surface area contributed by atoms with Crippen molar-refractivity contribution >= 4 is 16.0 Å². The number of hydrogen-bond donors (Lipinski definition) is 0. The SMILES string of the molecule is CCOP(OCC)C(CCCN(C)C)P(=O)(OCC)OCC. The third-order valence-corrected chi connectivity index (χ3v) is 8.22. The first-order valence-electron chi connectivity index (χ1n) is 8.03. The molecule has 1 atom stereocenters. The van der Waals surface area contributed by atoms with Crippen LogP contribution in [0.4, 0.5) is 0 Å². The van der Waals surface area contributed by atoms with Crippen LogP contribution in [0.25, 0.3) is 0 Å². The zero-order valence-electron chi connectivity index (χ0n) is 14.9. The third kappa shape index (κ3) is 8.35. The summed E-state index contributed by atoms with van der Waals surface area (Å²) in [6.45, 7) is 10.1. The van der Waals surface area contributed by atoms with Crippen molar-refractivity contribution in [1.29, 1.82) is 0 Å². The molecule has 0 bridgehead atoms. The maximum absolute atomic E-state index is 13.2. The van der Waals surface area contributed by atoms with E-state index in [0.717, 1.165) is 13.0 Å². The molecular weight excluding hydrogens is 324 g/mol. The van der Waals surface area contributed by atoms with E-state index in [9.17, 15) is 4.57 Å². The Morgan fingerprint density at radius 1 is 0.955 bits per heavy atom. The Labute approximate surface area is 137 Å². The maximum atomic E-state index is 13.2. The molecule has 0 aromatic heterocycles. The average Bonchev–Trinajstić information content (AvgIpc) is 2.43. The molecule has 8 heteroatoms. The van der Waals surface area contributed by atoms with Crippen molar-refractivity contribution in [2.75, 3.05) is 47.1 Å². The van der Waals surface area contributed by atoms with E-state index in [1.54, 1.807) is 0 Å². The first-order valence-corrected chi connectivity index (χ1v) is 10.9.